The van der Waals surface area contributed by atoms with Crippen LogP contribution in [0.3, 0.4) is 0 Å². The summed E-state index contributed by atoms with van der Waals surface area (Å²) in [5.41, 5.74) is 0.927. The first-order valence-corrected chi connectivity index (χ1v) is 6.78. The zero-order chi connectivity index (χ0) is 14.2. The van der Waals surface area contributed by atoms with Crippen molar-refractivity contribution in [2.45, 2.75) is 5.54 Å². The van der Waals surface area contributed by atoms with E-state index >= 15 is 0 Å². The standard InChI is InChI=1S/C16H14N2OS/c1-18-15(20)17-14(19)16(18,12-8-4-2-5-9-12)13-10-6-3-7-11-13/h2-11H,1H3,(H,17,19,20). The lowest BCUT2D eigenvalue weighted by Crippen LogP contribution is -2.45. The predicted octanol–water partition coefficient (Wildman–Crippen LogP) is 2.28. The topological polar surface area (TPSA) is 32.3 Å². The second kappa shape index (κ2) is 4.72. The second-order valence-corrected chi connectivity index (χ2v) is 5.15. The van der Waals surface area contributed by atoms with E-state index in [0.29, 0.717) is 5.11 Å². The van der Waals surface area contributed by atoms with Gasteiger partial charge in [0.1, 0.15) is 0 Å². The van der Waals surface area contributed by atoms with Crippen molar-refractivity contribution >= 4 is 23.2 Å². The Bertz CT molecular complexity index is 615. The Balaban J connectivity index is 2.30. The van der Waals surface area contributed by atoms with Crippen molar-refractivity contribution in [3.63, 3.8) is 0 Å². The molecule has 3 nitrogen and oxygen atoms in total. The number of nitrogens with zero attached hydrogens (tertiary/aromatic N) is 1. The van der Waals surface area contributed by atoms with E-state index in [4.69, 9.17) is 12.2 Å². The molecule has 20 heavy (non-hydrogen) atoms. The number of thiocarbonyl (C=S) groups is 1. The lowest BCUT2D eigenvalue weighted by Gasteiger charge is -2.34. The van der Waals surface area contributed by atoms with Gasteiger partial charge in [0.25, 0.3) is 5.91 Å². The fourth-order valence-electron chi connectivity index (χ4n) is 2.75. The van der Waals surface area contributed by atoms with Crippen molar-refractivity contribution in [1.29, 1.82) is 0 Å². The van der Waals surface area contributed by atoms with E-state index in [1.54, 1.807) is 0 Å². The number of likely N-dealkylation sites (N-methyl/N-ethyl adjacent to an activating group) is 1. The van der Waals surface area contributed by atoms with Gasteiger partial charge in [0.15, 0.2) is 10.7 Å². The van der Waals surface area contributed by atoms with Crippen molar-refractivity contribution in [2.24, 2.45) is 0 Å². The largest absolute Gasteiger partial charge is 0.330 e. The summed E-state index contributed by atoms with van der Waals surface area (Å²) in [6.45, 7) is 0. The van der Waals surface area contributed by atoms with Gasteiger partial charge in [0.2, 0.25) is 0 Å². The molecular formula is C16H14N2OS. The summed E-state index contributed by atoms with van der Waals surface area (Å²) in [5.74, 6) is -0.109. The number of hydrogen-bond acceptors (Lipinski definition) is 2. The summed E-state index contributed by atoms with van der Waals surface area (Å²) >= 11 is 5.26. The van der Waals surface area contributed by atoms with E-state index < -0.39 is 5.54 Å². The van der Waals surface area contributed by atoms with Crippen molar-refractivity contribution < 1.29 is 4.79 Å². The second-order valence-electron chi connectivity index (χ2n) is 4.76. The molecule has 0 spiro atoms. The van der Waals surface area contributed by atoms with Gasteiger partial charge in [-0.2, -0.15) is 0 Å². The fourth-order valence-corrected chi connectivity index (χ4v) is 2.98. The number of rotatable bonds is 2. The Morgan fingerprint density at radius 3 is 1.75 bits per heavy atom. The molecule has 1 aliphatic rings. The maximum atomic E-state index is 12.7. The fraction of sp³-hybridized carbons (Fsp3) is 0.125. The van der Waals surface area contributed by atoms with Gasteiger partial charge in [-0.05, 0) is 23.3 Å². The van der Waals surface area contributed by atoms with Gasteiger partial charge in [0.05, 0.1) is 0 Å². The molecule has 0 bridgehead atoms. The Hall–Kier alpha value is -2.20. The van der Waals surface area contributed by atoms with Crippen LogP contribution in [0.1, 0.15) is 11.1 Å². The van der Waals surface area contributed by atoms with Crippen molar-refractivity contribution in [3.05, 3.63) is 71.8 Å². The van der Waals surface area contributed by atoms with E-state index in [-0.39, 0.29) is 5.91 Å². The van der Waals surface area contributed by atoms with Crippen LogP contribution in [-0.4, -0.2) is 23.0 Å². The van der Waals surface area contributed by atoms with E-state index in [9.17, 15) is 4.79 Å². The molecule has 2 aromatic rings. The first-order valence-electron chi connectivity index (χ1n) is 6.37. The highest BCUT2D eigenvalue weighted by molar-refractivity contribution is 7.80. The summed E-state index contributed by atoms with van der Waals surface area (Å²) in [7, 11) is 1.85. The first kappa shape index (κ1) is 12.8. The molecule has 1 saturated heterocycles. The summed E-state index contributed by atoms with van der Waals surface area (Å²) < 4.78 is 0. The minimum Gasteiger partial charge on any atom is -0.330 e. The van der Waals surface area contributed by atoms with Gasteiger partial charge in [0, 0.05) is 7.05 Å². The highest BCUT2D eigenvalue weighted by atomic mass is 32.1. The highest BCUT2D eigenvalue weighted by Gasteiger charge is 2.51. The van der Waals surface area contributed by atoms with Crippen molar-refractivity contribution in [1.82, 2.24) is 10.2 Å². The molecule has 1 aliphatic heterocycles. The molecule has 0 aliphatic carbocycles. The predicted molar refractivity (Wildman–Crippen MR) is 82.2 cm³/mol. The Morgan fingerprint density at radius 2 is 1.40 bits per heavy atom. The molecule has 1 fully saturated rings. The van der Waals surface area contributed by atoms with Crippen LogP contribution >= 0.6 is 12.2 Å². The van der Waals surface area contributed by atoms with E-state index in [1.165, 1.54) is 0 Å². The lowest BCUT2D eigenvalue weighted by molar-refractivity contribution is -0.124. The molecule has 100 valence electrons. The number of amides is 1. The van der Waals surface area contributed by atoms with Crippen LogP contribution in [-0.2, 0) is 10.3 Å². The SMILES string of the molecule is CN1C(=S)NC(=O)C1(c1ccccc1)c1ccccc1. The lowest BCUT2D eigenvalue weighted by atomic mass is 9.82. The van der Waals surface area contributed by atoms with E-state index in [0.717, 1.165) is 11.1 Å². The molecule has 2 aromatic carbocycles. The van der Waals surface area contributed by atoms with Crippen molar-refractivity contribution in [3.8, 4) is 0 Å². The molecule has 4 heteroatoms. The third kappa shape index (κ3) is 1.65. The molecule has 0 radical (unpaired) electrons. The van der Waals surface area contributed by atoms with Gasteiger partial charge in [-0.3, -0.25) is 4.79 Å². The molecule has 0 saturated carbocycles. The quantitative estimate of drug-likeness (QED) is 0.858. The minimum absolute atomic E-state index is 0.109. The summed E-state index contributed by atoms with van der Waals surface area (Å²) in [4.78, 5) is 14.5. The van der Waals surface area contributed by atoms with Gasteiger partial charge in [-0.25, -0.2) is 0 Å². The average Bonchev–Trinajstić information content (AvgIpc) is 2.72. The third-order valence-electron chi connectivity index (χ3n) is 3.74. The Morgan fingerprint density at radius 1 is 0.950 bits per heavy atom. The number of hydrogen-bond donors (Lipinski definition) is 1. The molecule has 3 rings (SSSR count). The summed E-state index contributed by atoms with van der Waals surface area (Å²) in [5, 5.41) is 3.22. The molecular weight excluding hydrogens is 268 g/mol. The smallest absolute Gasteiger partial charge is 0.261 e. The van der Waals surface area contributed by atoms with E-state index in [1.807, 2.05) is 72.6 Å². The monoisotopic (exact) mass is 282 g/mol. The molecule has 1 N–H and O–H groups in total. The van der Waals surface area contributed by atoms with Gasteiger partial charge in [-0.15, -0.1) is 0 Å². The molecule has 0 aromatic heterocycles. The van der Waals surface area contributed by atoms with Crippen molar-refractivity contribution in [2.75, 3.05) is 7.05 Å². The number of nitrogens with one attached hydrogen (secondary N) is 1. The molecule has 1 heterocycles. The van der Waals surface area contributed by atoms with Gasteiger partial charge >= 0.3 is 0 Å². The molecule has 1 amide bonds. The average molecular weight is 282 g/mol. The van der Waals surface area contributed by atoms with Crippen LogP contribution in [0.4, 0.5) is 0 Å². The highest BCUT2D eigenvalue weighted by Crippen LogP contribution is 2.38. The third-order valence-corrected chi connectivity index (χ3v) is 4.12. The minimum atomic E-state index is -0.889. The van der Waals surface area contributed by atoms with Crippen LogP contribution in [0.2, 0.25) is 0 Å². The number of benzene rings is 2. The molecule has 0 atom stereocenters. The van der Waals surface area contributed by atoms with Gasteiger partial charge in [-0.1, -0.05) is 60.7 Å². The van der Waals surface area contributed by atoms with Crippen LogP contribution < -0.4 is 5.32 Å². The zero-order valence-electron chi connectivity index (χ0n) is 11.0. The van der Waals surface area contributed by atoms with Crippen LogP contribution in [0.15, 0.2) is 60.7 Å². The maximum Gasteiger partial charge on any atom is 0.261 e. The number of carbonyl (C=O) groups excluding carboxylic acids is 1. The number of carbonyl (C=O) groups is 1. The summed E-state index contributed by atoms with van der Waals surface area (Å²) in [6, 6.07) is 19.4. The first-order chi connectivity index (χ1) is 9.67. The van der Waals surface area contributed by atoms with Gasteiger partial charge < -0.3 is 10.2 Å². The zero-order valence-corrected chi connectivity index (χ0v) is 11.9. The van der Waals surface area contributed by atoms with Crippen LogP contribution in [0.5, 0.6) is 0 Å². The molecule has 0 unspecified atom stereocenters. The van der Waals surface area contributed by atoms with Crippen LogP contribution in [0, 0.1) is 0 Å². The van der Waals surface area contributed by atoms with Crippen LogP contribution in [0.25, 0.3) is 0 Å². The van der Waals surface area contributed by atoms with E-state index in [2.05, 4.69) is 5.32 Å². The maximum absolute atomic E-state index is 12.7. The normalized spacial score (nSPS) is 17.1. The Labute approximate surface area is 123 Å². The summed E-state index contributed by atoms with van der Waals surface area (Å²) in [6.07, 6.45) is 0. The Kier molecular flexibility index (Phi) is 3.03.